The molecule has 12 nitrogen and oxygen atoms in total. The fraction of sp³-hybridized carbons (Fsp3) is 0.517. The summed E-state index contributed by atoms with van der Waals surface area (Å²) >= 11 is 6.67. The van der Waals surface area contributed by atoms with Crippen molar-refractivity contribution in [3.8, 4) is 11.5 Å². The van der Waals surface area contributed by atoms with Crippen molar-refractivity contribution in [2.75, 3.05) is 40.5 Å². The normalized spacial score (nSPS) is 19.1. The first-order valence-corrected chi connectivity index (χ1v) is 14.0. The van der Waals surface area contributed by atoms with E-state index in [1.807, 2.05) is 12.2 Å². The summed E-state index contributed by atoms with van der Waals surface area (Å²) in [4.78, 5) is 49.7. The van der Waals surface area contributed by atoms with Crippen molar-refractivity contribution < 1.29 is 48.3 Å². The second-order valence-corrected chi connectivity index (χ2v) is 10.6. The molecule has 0 bridgehead atoms. The number of aliphatic carboxylic acids is 2. The van der Waals surface area contributed by atoms with Crippen LogP contribution >= 0.6 is 11.6 Å². The van der Waals surface area contributed by atoms with Gasteiger partial charge in [0.15, 0.2) is 11.5 Å². The lowest BCUT2D eigenvalue weighted by molar-refractivity contribution is -0.141. The molecule has 1 aliphatic carbocycles. The smallest absolute Gasteiger partial charge is 0.303 e. The maximum Gasteiger partial charge on any atom is 0.303 e. The molecule has 1 fully saturated rings. The van der Waals surface area contributed by atoms with Gasteiger partial charge in [-0.15, -0.1) is 0 Å². The molecule has 2 N–H and O–H groups in total. The highest BCUT2D eigenvalue weighted by Gasteiger charge is 2.33. The molecule has 1 aromatic rings. The van der Waals surface area contributed by atoms with Crippen molar-refractivity contribution in [2.24, 2.45) is 0 Å². The third kappa shape index (κ3) is 7.42. The zero-order valence-electron chi connectivity index (χ0n) is 23.6. The Morgan fingerprint density at radius 2 is 1.45 bits per heavy atom. The molecule has 3 aliphatic rings. The van der Waals surface area contributed by atoms with Crippen LogP contribution in [0.5, 0.6) is 11.5 Å². The van der Waals surface area contributed by atoms with Crippen LogP contribution in [0.3, 0.4) is 0 Å². The van der Waals surface area contributed by atoms with Crippen LogP contribution in [0.4, 0.5) is 0 Å². The van der Waals surface area contributed by atoms with E-state index in [1.165, 1.54) is 7.11 Å². The number of carbonyl (C=O) groups excluding carboxylic acids is 2. The molecule has 4 rings (SSSR count). The molecule has 1 aromatic carbocycles. The highest BCUT2D eigenvalue weighted by Crippen LogP contribution is 2.43. The molecular weight excluding hydrogens is 572 g/mol. The number of rotatable bonds is 14. The van der Waals surface area contributed by atoms with Gasteiger partial charge in [-0.05, 0) is 40.5 Å². The quantitative estimate of drug-likeness (QED) is 0.302. The van der Waals surface area contributed by atoms with E-state index in [-0.39, 0.29) is 62.9 Å². The van der Waals surface area contributed by atoms with Crippen LogP contribution in [0.1, 0.15) is 43.2 Å². The Morgan fingerprint density at radius 3 is 2.02 bits per heavy atom. The summed E-state index contributed by atoms with van der Waals surface area (Å²) in [5, 5.41) is 18.1. The predicted octanol–water partition coefficient (Wildman–Crippen LogP) is 2.80. The van der Waals surface area contributed by atoms with Crippen molar-refractivity contribution >= 4 is 35.4 Å². The van der Waals surface area contributed by atoms with E-state index in [1.54, 1.807) is 23.0 Å². The first-order chi connectivity index (χ1) is 20.1. The molecule has 228 valence electrons. The molecule has 2 unspecified atom stereocenters. The molecule has 13 heteroatoms. The fourth-order valence-electron chi connectivity index (χ4n) is 5.22. The van der Waals surface area contributed by atoms with Gasteiger partial charge in [-0.1, -0.05) is 11.6 Å². The SMILES string of the molecule is COc1cc2c(c(Cl)c1OCCCOC1C=C3CN(C(=O)CCC(=O)O)CC3=CC1OC)CN(C(=O)CCC(=O)O)C2. The fourth-order valence-corrected chi connectivity index (χ4v) is 5.55. The molecule has 1 saturated heterocycles. The minimum atomic E-state index is -1.02. The van der Waals surface area contributed by atoms with Crippen LogP contribution < -0.4 is 9.47 Å². The number of nitrogens with zero attached hydrogens (tertiary/aromatic N) is 2. The van der Waals surface area contributed by atoms with Gasteiger partial charge in [0.05, 0.1) is 38.2 Å². The Labute approximate surface area is 248 Å². The Morgan fingerprint density at radius 1 is 0.857 bits per heavy atom. The standard InChI is InChI=1S/C29H35ClN2O10/c1-39-21-10-17-13-31(24(33)4-6-26(35)36)14-18(17)11-22(21)41-8-3-9-42-29-23(40-2)12-19-15-32(16-20(19)28(29)30)25(34)5-7-27(37)38/h10-12,21-22H,3-9,13-16H2,1-2H3,(H,35,36)(H,37,38). The highest BCUT2D eigenvalue weighted by atomic mass is 35.5. The summed E-state index contributed by atoms with van der Waals surface area (Å²) in [6.45, 7) is 2.05. The molecule has 2 atom stereocenters. The number of carboxylic acid groups (broad SMARTS) is 2. The third-order valence-corrected chi connectivity index (χ3v) is 7.83. The predicted molar refractivity (Wildman–Crippen MR) is 149 cm³/mol. The van der Waals surface area contributed by atoms with Gasteiger partial charge < -0.3 is 39.0 Å². The Bertz CT molecular complexity index is 1290. The van der Waals surface area contributed by atoms with Crippen LogP contribution in [0.15, 0.2) is 29.4 Å². The van der Waals surface area contributed by atoms with Crippen molar-refractivity contribution in [2.45, 2.75) is 57.4 Å². The van der Waals surface area contributed by atoms with E-state index in [9.17, 15) is 19.2 Å². The maximum absolute atomic E-state index is 12.4. The van der Waals surface area contributed by atoms with E-state index in [0.29, 0.717) is 49.2 Å². The molecule has 0 saturated carbocycles. The monoisotopic (exact) mass is 606 g/mol. The summed E-state index contributed by atoms with van der Waals surface area (Å²) in [6, 6.07) is 1.79. The van der Waals surface area contributed by atoms with Gasteiger partial charge in [-0.3, -0.25) is 19.2 Å². The summed E-state index contributed by atoms with van der Waals surface area (Å²) in [5.41, 5.74) is 3.53. The minimum Gasteiger partial charge on any atom is -0.493 e. The van der Waals surface area contributed by atoms with Gasteiger partial charge in [0.1, 0.15) is 12.2 Å². The van der Waals surface area contributed by atoms with E-state index < -0.39 is 11.9 Å². The molecule has 0 spiro atoms. The summed E-state index contributed by atoms with van der Waals surface area (Å²) in [6.07, 6.45) is 3.21. The molecule has 42 heavy (non-hydrogen) atoms. The minimum absolute atomic E-state index is 0.0360. The molecule has 0 aromatic heterocycles. The van der Waals surface area contributed by atoms with E-state index in [4.69, 9.17) is 40.8 Å². The van der Waals surface area contributed by atoms with Gasteiger partial charge in [-0.25, -0.2) is 0 Å². The Hall–Kier alpha value is -3.61. The summed E-state index contributed by atoms with van der Waals surface area (Å²) in [7, 11) is 3.10. The van der Waals surface area contributed by atoms with Crippen molar-refractivity contribution in [3.63, 3.8) is 0 Å². The zero-order chi connectivity index (χ0) is 30.4. The number of benzene rings is 1. The van der Waals surface area contributed by atoms with Crippen molar-refractivity contribution in [3.05, 3.63) is 45.5 Å². The second-order valence-electron chi connectivity index (χ2n) is 10.3. The second kappa shape index (κ2) is 14.0. The number of halogens is 1. The van der Waals surface area contributed by atoms with Crippen molar-refractivity contribution in [1.29, 1.82) is 0 Å². The van der Waals surface area contributed by atoms with Crippen LogP contribution in [0, 0.1) is 0 Å². The van der Waals surface area contributed by atoms with Gasteiger partial charge in [-0.2, -0.15) is 0 Å². The molecular formula is C29H35ClN2O10. The van der Waals surface area contributed by atoms with E-state index in [0.717, 1.165) is 22.3 Å². The number of methoxy groups -OCH3 is 2. The summed E-state index contributed by atoms with van der Waals surface area (Å²) in [5.74, 6) is -1.66. The number of fused-ring (bicyclic) bond motifs is 2. The number of hydrogen-bond donors (Lipinski definition) is 2. The highest BCUT2D eigenvalue weighted by molar-refractivity contribution is 6.33. The van der Waals surface area contributed by atoms with Gasteiger partial charge in [0.2, 0.25) is 11.8 Å². The van der Waals surface area contributed by atoms with Crippen molar-refractivity contribution in [1.82, 2.24) is 9.80 Å². The van der Waals surface area contributed by atoms with Crippen LogP contribution in [0.2, 0.25) is 5.02 Å². The maximum atomic E-state index is 12.4. The van der Waals surface area contributed by atoms with Gasteiger partial charge in [0.25, 0.3) is 0 Å². The van der Waals surface area contributed by atoms with Crippen LogP contribution in [-0.2, 0) is 41.7 Å². The number of amides is 2. The molecule has 2 aliphatic heterocycles. The lowest BCUT2D eigenvalue weighted by Crippen LogP contribution is -2.31. The Balaban J connectivity index is 1.30. The van der Waals surface area contributed by atoms with E-state index >= 15 is 0 Å². The van der Waals surface area contributed by atoms with Crippen LogP contribution in [0.25, 0.3) is 0 Å². The van der Waals surface area contributed by atoms with Crippen LogP contribution in [-0.4, -0.2) is 96.5 Å². The topological polar surface area (TPSA) is 152 Å². The average Bonchev–Trinajstić information content (AvgIpc) is 3.59. The average molecular weight is 607 g/mol. The molecule has 2 heterocycles. The number of carboxylic acids is 2. The summed E-state index contributed by atoms with van der Waals surface area (Å²) < 4.78 is 23.2. The molecule has 0 radical (unpaired) electrons. The van der Waals surface area contributed by atoms with Gasteiger partial charge >= 0.3 is 11.9 Å². The number of hydrogen-bond acceptors (Lipinski definition) is 8. The first-order valence-electron chi connectivity index (χ1n) is 13.7. The first kappa shape index (κ1) is 31.3. The lowest BCUT2D eigenvalue weighted by atomic mass is 9.96. The number of ether oxygens (including phenoxy) is 4. The zero-order valence-corrected chi connectivity index (χ0v) is 24.4. The van der Waals surface area contributed by atoms with Gasteiger partial charge in [0, 0.05) is 52.6 Å². The third-order valence-electron chi connectivity index (χ3n) is 7.43. The Kier molecular flexibility index (Phi) is 10.5. The lowest BCUT2D eigenvalue weighted by Gasteiger charge is -2.26. The largest absolute Gasteiger partial charge is 0.493 e. The number of carbonyl (C=O) groups is 4. The molecule has 2 amide bonds. The number of likely N-dealkylation sites (tertiary alicyclic amines) is 1. The van der Waals surface area contributed by atoms with E-state index in [2.05, 4.69) is 0 Å².